The SMILES string of the molecule is CC(N)c1ccc(-c2ccc(C3CCCCC3)cc2)cc1. The van der Waals surface area contributed by atoms with Gasteiger partial charge in [-0.1, -0.05) is 67.8 Å². The molecule has 2 N–H and O–H groups in total. The first kappa shape index (κ1) is 14.3. The lowest BCUT2D eigenvalue weighted by Crippen LogP contribution is -2.04. The van der Waals surface area contributed by atoms with Crippen molar-refractivity contribution in [2.75, 3.05) is 0 Å². The molecule has 1 nitrogen and oxygen atoms in total. The Morgan fingerprint density at radius 2 is 1.33 bits per heavy atom. The third-order valence-corrected chi connectivity index (χ3v) is 4.76. The van der Waals surface area contributed by atoms with Crippen LogP contribution in [-0.2, 0) is 0 Å². The summed E-state index contributed by atoms with van der Waals surface area (Å²) in [5.41, 5.74) is 11.2. The Morgan fingerprint density at radius 1 is 0.810 bits per heavy atom. The molecule has 0 spiro atoms. The Hall–Kier alpha value is -1.60. The van der Waals surface area contributed by atoms with Crippen molar-refractivity contribution in [1.29, 1.82) is 0 Å². The first-order chi connectivity index (χ1) is 10.2. The number of rotatable bonds is 3. The van der Waals surface area contributed by atoms with Gasteiger partial charge in [0.1, 0.15) is 0 Å². The summed E-state index contributed by atoms with van der Waals surface area (Å²) < 4.78 is 0. The van der Waals surface area contributed by atoms with Gasteiger partial charge in [-0.25, -0.2) is 0 Å². The molecule has 110 valence electrons. The highest BCUT2D eigenvalue weighted by Gasteiger charge is 2.15. The van der Waals surface area contributed by atoms with E-state index >= 15 is 0 Å². The predicted octanol–water partition coefficient (Wildman–Crippen LogP) is 5.42. The molecule has 2 aromatic rings. The molecule has 1 atom stereocenters. The maximum absolute atomic E-state index is 5.90. The van der Waals surface area contributed by atoms with Crippen molar-refractivity contribution < 1.29 is 0 Å². The van der Waals surface area contributed by atoms with Gasteiger partial charge in [0.05, 0.1) is 0 Å². The lowest BCUT2D eigenvalue weighted by Gasteiger charge is -2.22. The molecule has 1 fully saturated rings. The molecule has 0 aromatic heterocycles. The molecule has 0 heterocycles. The molecule has 1 aliphatic rings. The van der Waals surface area contributed by atoms with Crippen LogP contribution in [0, 0.1) is 0 Å². The van der Waals surface area contributed by atoms with Crippen LogP contribution in [0.15, 0.2) is 48.5 Å². The quantitative estimate of drug-likeness (QED) is 0.797. The molecule has 0 radical (unpaired) electrons. The summed E-state index contributed by atoms with van der Waals surface area (Å²) in [4.78, 5) is 0. The summed E-state index contributed by atoms with van der Waals surface area (Å²) in [5, 5.41) is 0. The van der Waals surface area contributed by atoms with E-state index in [9.17, 15) is 0 Å². The van der Waals surface area contributed by atoms with Gasteiger partial charge in [-0.2, -0.15) is 0 Å². The average molecular weight is 279 g/mol. The van der Waals surface area contributed by atoms with Crippen molar-refractivity contribution in [2.45, 2.75) is 51.0 Å². The van der Waals surface area contributed by atoms with E-state index in [-0.39, 0.29) is 6.04 Å². The molecule has 1 unspecified atom stereocenters. The molecule has 0 bridgehead atoms. The second-order valence-corrected chi connectivity index (χ2v) is 6.37. The van der Waals surface area contributed by atoms with Crippen LogP contribution in [-0.4, -0.2) is 0 Å². The van der Waals surface area contributed by atoms with Gasteiger partial charge >= 0.3 is 0 Å². The van der Waals surface area contributed by atoms with Crippen LogP contribution in [0.25, 0.3) is 11.1 Å². The first-order valence-electron chi connectivity index (χ1n) is 8.20. The van der Waals surface area contributed by atoms with Crippen LogP contribution < -0.4 is 5.73 Å². The minimum absolute atomic E-state index is 0.104. The van der Waals surface area contributed by atoms with Crippen molar-refractivity contribution in [3.63, 3.8) is 0 Å². The van der Waals surface area contributed by atoms with E-state index in [0.717, 1.165) is 5.92 Å². The van der Waals surface area contributed by atoms with Gasteiger partial charge < -0.3 is 5.73 Å². The monoisotopic (exact) mass is 279 g/mol. The Bertz CT molecular complexity index is 560. The average Bonchev–Trinajstić information content (AvgIpc) is 2.56. The van der Waals surface area contributed by atoms with E-state index in [0.29, 0.717) is 0 Å². The summed E-state index contributed by atoms with van der Waals surface area (Å²) in [6, 6.07) is 17.9. The fraction of sp³-hybridized carbons (Fsp3) is 0.400. The molecular weight excluding hydrogens is 254 g/mol. The van der Waals surface area contributed by atoms with E-state index in [2.05, 4.69) is 48.5 Å². The smallest absolute Gasteiger partial charge is 0.0266 e. The molecule has 0 amide bonds. The molecule has 2 aromatic carbocycles. The van der Waals surface area contributed by atoms with E-state index in [1.54, 1.807) is 0 Å². The molecule has 1 saturated carbocycles. The Morgan fingerprint density at radius 3 is 1.86 bits per heavy atom. The Kier molecular flexibility index (Phi) is 4.40. The fourth-order valence-electron chi connectivity index (χ4n) is 3.36. The summed E-state index contributed by atoms with van der Waals surface area (Å²) in [6.07, 6.45) is 6.93. The van der Waals surface area contributed by atoms with Gasteiger partial charge in [0.2, 0.25) is 0 Å². The predicted molar refractivity (Wildman–Crippen MR) is 90.3 cm³/mol. The fourth-order valence-corrected chi connectivity index (χ4v) is 3.36. The summed E-state index contributed by atoms with van der Waals surface area (Å²) >= 11 is 0. The Balaban J connectivity index is 1.76. The van der Waals surface area contributed by atoms with Gasteiger partial charge in [-0.3, -0.25) is 0 Å². The largest absolute Gasteiger partial charge is 0.324 e. The van der Waals surface area contributed by atoms with Gasteiger partial charge in [0.15, 0.2) is 0 Å². The lowest BCUT2D eigenvalue weighted by molar-refractivity contribution is 0.443. The van der Waals surface area contributed by atoms with Crippen LogP contribution in [0.4, 0.5) is 0 Å². The standard InChI is InChI=1S/C20H25N/c1-15(21)16-7-9-19(10-8-16)20-13-11-18(12-14-20)17-5-3-2-4-6-17/h7-15,17H,2-6,21H2,1H3. The van der Waals surface area contributed by atoms with E-state index in [1.807, 2.05) is 6.92 Å². The molecule has 21 heavy (non-hydrogen) atoms. The summed E-state index contributed by atoms with van der Waals surface area (Å²) in [6.45, 7) is 2.02. The molecule has 1 aliphatic carbocycles. The zero-order chi connectivity index (χ0) is 14.7. The molecule has 0 saturated heterocycles. The highest BCUT2D eigenvalue weighted by atomic mass is 14.6. The zero-order valence-corrected chi connectivity index (χ0v) is 12.9. The normalized spacial score (nSPS) is 17.6. The maximum Gasteiger partial charge on any atom is 0.0266 e. The lowest BCUT2D eigenvalue weighted by atomic mass is 9.83. The summed E-state index contributed by atoms with van der Waals surface area (Å²) in [7, 11) is 0. The summed E-state index contributed by atoms with van der Waals surface area (Å²) in [5.74, 6) is 0.785. The number of hydrogen-bond donors (Lipinski definition) is 1. The van der Waals surface area contributed by atoms with Gasteiger partial charge in [-0.15, -0.1) is 0 Å². The third kappa shape index (κ3) is 3.36. The van der Waals surface area contributed by atoms with E-state index in [4.69, 9.17) is 5.73 Å². The van der Waals surface area contributed by atoms with Crippen molar-refractivity contribution in [3.8, 4) is 11.1 Å². The number of benzene rings is 2. The van der Waals surface area contributed by atoms with Crippen molar-refractivity contribution >= 4 is 0 Å². The highest BCUT2D eigenvalue weighted by Crippen LogP contribution is 2.33. The van der Waals surface area contributed by atoms with Crippen LogP contribution in [0.5, 0.6) is 0 Å². The van der Waals surface area contributed by atoms with E-state index < -0.39 is 0 Å². The maximum atomic E-state index is 5.90. The van der Waals surface area contributed by atoms with Gasteiger partial charge in [0.25, 0.3) is 0 Å². The van der Waals surface area contributed by atoms with E-state index in [1.165, 1.54) is 54.4 Å². The van der Waals surface area contributed by atoms with Crippen molar-refractivity contribution in [3.05, 3.63) is 59.7 Å². The van der Waals surface area contributed by atoms with Gasteiger partial charge in [-0.05, 0) is 47.9 Å². The van der Waals surface area contributed by atoms with Crippen LogP contribution >= 0.6 is 0 Å². The molecule has 3 rings (SSSR count). The molecule has 0 aliphatic heterocycles. The number of nitrogens with two attached hydrogens (primary N) is 1. The minimum Gasteiger partial charge on any atom is -0.324 e. The minimum atomic E-state index is 0.104. The highest BCUT2D eigenvalue weighted by molar-refractivity contribution is 5.64. The van der Waals surface area contributed by atoms with Crippen molar-refractivity contribution in [1.82, 2.24) is 0 Å². The first-order valence-corrected chi connectivity index (χ1v) is 8.20. The number of hydrogen-bond acceptors (Lipinski definition) is 1. The molecular formula is C20H25N. The second kappa shape index (κ2) is 6.44. The van der Waals surface area contributed by atoms with Crippen LogP contribution in [0.1, 0.15) is 62.1 Å². The van der Waals surface area contributed by atoms with Crippen molar-refractivity contribution in [2.24, 2.45) is 5.73 Å². The molecule has 1 heteroatoms. The zero-order valence-electron chi connectivity index (χ0n) is 12.9. The second-order valence-electron chi connectivity index (χ2n) is 6.37. The topological polar surface area (TPSA) is 26.0 Å². The van der Waals surface area contributed by atoms with Crippen LogP contribution in [0.3, 0.4) is 0 Å². The van der Waals surface area contributed by atoms with Gasteiger partial charge in [0, 0.05) is 6.04 Å². The third-order valence-electron chi connectivity index (χ3n) is 4.76. The van der Waals surface area contributed by atoms with Crippen LogP contribution in [0.2, 0.25) is 0 Å². The Labute approximate surface area is 128 Å².